The summed E-state index contributed by atoms with van der Waals surface area (Å²) < 4.78 is 24.9. The first-order chi connectivity index (χ1) is 15.1. The van der Waals surface area contributed by atoms with Crippen LogP contribution in [0.15, 0.2) is 56.8 Å². The summed E-state index contributed by atoms with van der Waals surface area (Å²) in [7, 11) is 1.33. The third kappa shape index (κ3) is 4.40. The molecule has 0 saturated heterocycles. The van der Waals surface area contributed by atoms with Crippen LogP contribution in [0.5, 0.6) is 17.2 Å². The number of hydrogen-bond donors (Lipinski definition) is 2. The highest BCUT2D eigenvalue weighted by Crippen LogP contribution is 2.42. The molecule has 3 rings (SSSR count). The number of aromatic hydroxyl groups is 2. The van der Waals surface area contributed by atoms with Crippen molar-refractivity contribution in [2.45, 2.75) is 40.5 Å². The maximum atomic E-state index is 13.4. The molecule has 0 unspecified atom stereocenters. The lowest BCUT2D eigenvalue weighted by Crippen LogP contribution is -2.10. The number of fused-ring (bicyclic) bond motifs is 1. The van der Waals surface area contributed by atoms with E-state index in [9.17, 15) is 19.4 Å². The standard InChI is InChI=1S/C26H27FO5/c1-14(2)6-12-18-21(28)19(13-7-15(3)4)25-20(22(18)29)23(30)26(31-5)24(32-25)16-8-10-17(27)11-9-16/h6-11,28-29H,12-13H2,1-5H3. The van der Waals surface area contributed by atoms with Gasteiger partial charge >= 0.3 is 0 Å². The molecule has 0 aliphatic carbocycles. The second kappa shape index (κ2) is 9.30. The third-order valence-electron chi connectivity index (χ3n) is 5.18. The van der Waals surface area contributed by atoms with Crippen molar-refractivity contribution >= 4 is 11.0 Å². The molecule has 0 aliphatic rings. The fourth-order valence-corrected chi connectivity index (χ4v) is 3.47. The summed E-state index contributed by atoms with van der Waals surface area (Å²) in [6.07, 6.45) is 4.30. The molecule has 32 heavy (non-hydrogen) atoms. The summed E-state index contributed by atoms with van der Waals surface area (Å²) in [5.74, 6) is -0.901. The van der Waals surface area contributed by atoms with Crippen LogP contribution < -0.4 is 10.2 Å². The molecular formula is C26H27FO5. The summed E-state index contributed by atoms with van der Waals surface area (Å²) in [6, 6.07) is 5.45. The lowest BCUT2D eigenvalue weighted by Gasteiger charge is -2.16. The molecule has 168 valence electrons. The number of allylic oxidation sites excluding steroid dienone is 4. The quantitative estimate of drug-likeness (QED) is 0.459. The average molecular weight is 438 g/mol. The van der Waals surface area contributed by atoms with Crippen LogP contribution in [0.1, 0.15) is 38.8 Å². The van der Waals surface area contributed by atoms with E-state index >= 15 is 0 Å². The second-order valence-corrected chi connectivity index (χ2v) is 8.13. The number of halogens is 1. The predicted molar refractivity (Wildman–Crippen MR) is 124 cm³/mol. The zero-order valence-corrected chi connectivity index (χ0v) is 18.9. The van der Waals surface area contributed by atoms with Gasteiger partial charge in [-0.1, -0.05) is 23.3 Å². The monoisotopic (exact) mass is 438 g/mol. The highest BCUT2D eigenvalue weighted by molar-refractivity contribution is 5.93. The van der Waals surface area contributed by atoms with Gasteiger partial charge in [-0.25, -0.2) is 4.39 Å². The van der Waals surface area contributed by atoms with Gasteiger partial charge in [0, 0.05) is 16.7 Å². The van der Waals surface area contributed by atoms with Crippen LogP contribution in [0.2, 0.25) is 0 Å². The summed E-state index contributed by atoms with van der Waals surface area (Å²) >= 11 is 0. The highest BCUT2D eigenvalue weighted by Gasteiger charge is 2.26. The summed E-state index contributed by atoms with van der Waals surface area (Å²) in [5.41, 5.74) is 2.60. The van der Waals surface area contributed by atoms with Gasteiger partial charge in [-0.2, -0.15) is 0 Å². The van der Waals surface area contributed by atoms with Crippen molar-refractivity contribution in [1.82, 2.24) is 0 Å². The Morgan fingerprint density at radius 2 is 1.53 bits per heavy atom. The van der Waals surface area contributed by atoms with Gasteiger partial charge in [-0.15, -0.1) is 0 Å². The Hall–Kier alpha value is -3.54. The molecule has 6 heteroatoms. The molecule has 3 aromatic rings. The first-order valence-corrected chi connectivity index (χ1v) is 10.3. The Balaban J connectivity index is 2.45. The van der Waals surface area contributed by atoms with Crippen LogP contribution in [-0.4, -0.2) is 17.3 Å². The van der Waals surface area contributed by atoms with Gasteiger partial charge in [-0.3, -0.25) is 4.79 Å². The van der Waals surface area contributed by atoms with Gasteiger partial charge in [-0.05, 0) is 64.8 Å². The molecule has 0 aliphatic heterocycles. The molecule has 0 saturated carbocycles. The van der Waals surface area contributed by atoms with Crippen molar-refractivity contribution in [2.75, 3.05) is 7.11 Å². The highest BCUT2D eigenvalue weighted by atomic mass is 19.1. The number of benzene rings is 2. The largest absolute Gasteiger partial charge is 0.507 e. The molecule has 0 bridgehead atoms. The van der Waals surface area contributed by atoms with Gasteiger partial charge < -0.3 is 19.4 Å². The number of phenols is 2. The van der Waals surface area contributed by atoms with Gasteiger partial charge in [0.2, 0.25) is 11.2 Å². The lowest BCUT2D eigenvalue weighted by atomic mass is 9.96. The van der Waals surface area contributed by atoms with Crippen molar-refractivity contribution in [3.8, 4) is 28.6 Å². The maximum Gasteiger partial charge on any atom is 0.239 e. The van der Waals surface area contributed by atoms with Crippen LogP contribution in [0.4, 0.5) is 4.39 Å². The lowest BCUT2D eigenvalue weighted by molar-refractivity contribution is 0.396. The van der Waals surface area contributed by atoms with Crippen LogP contribution in [0.25, 0.3) is 22.3 Å². The van der Waals surface area contributed by atoms with Gasteiger partial charge in [0.15, 0.2) is 5.76 Å². The number of rotatable bonds is 6. The van der Waals surface area contributed by atoms with E-state index < -0.39 is 11.2 Å². The minimum atomic E-state index is -0.567. The normalized spacial score (nSPS) is 10.8. The van der Waals surface area contributed by atoms with E-state index in [0.717, 1.165) is 11.1 Å². The minimum Gasteiger partial charge on any atom is -0.507 e. The molecule has 0 amide bonds. The van der Waals surface area contributed by atoms with E-state index in [1.807, 2.05) is 39.8 Å². The van der Waals surface area contributed by atoms with Crippen molar-refractivity contribution in [3.63, 3.8) is 0 Å². The number of hydrogen-bond acceptors (Lipinski definition) is 5. The van der Waals surface area contributed by atoms with E-state index in [1.165, 1.54) is 31.4 Å². The zero-order valence-electron chi connectivity index (χ0n) is 18.9. The van der Waals surface area contributed by atoms with E-state index in [-0.39, 0.29) is 46.0 Å². The average Bonchev–Trinajstić information content (AvgIpc) is 2.73. The Bertz CT molecular complexity index is 1270. The number of ether oxygens (including phenoxy) is 1. The van der Waals surface area contributed by atoms with E-state index in [4.69, 9.17) is 9.15 Å². The minimum absolute atomic E-state index is 0.0557. The van der Waals surface area contributed by atoms with Crippen LogP contribution in [0, 0.1) is 5.82 Å². The van der Waals surface area contributed by atoms with Gasteiger partial charge in [0.1, 0.15) is 28.3 Å². The first-order valence-electron chi connectivity index (χ1n) is 10.3. The molecule has 1 heterocycles. The van der Waals surface area contributed by atoms with Crippen LogP contribution >= 0.6 is 0 Å². The Morgan fingerprint density at radius 1 is 0.969 bits per heavy atom. The van der Waals surface area contributed by atoms with Crippen molar-refractivity contribution in [1.29, 1.82) is 0 Å². The first kappa shape index (κ1) is 23.1. The summed E-state index contributed by atoms with van der Waals surface area (Å²) in [6.45, 7) is 7.66. The Labute approximate surface area is 186 Å². The molecule has 0 spiro atoms. The molecule has 5 nitrogen and oxygen atoms in total. The van der Waals surface area contributed by atoms with Gasteiger partial charge in [0.25, 0.3) is 0 Å². The summed E-state index contributed by atoms with van der Waals surface area (Å²) in [5, 5.41) is 22.0. The number of phenolic OH excluding ortho intramolecular Hbond substituents is 2. The fourth-order valence-electron chi connectivity index (χ4n) is 3.47. The third-order valence-corrected chi connectivity index (χ3v) is 5.18. The van der Waals surface area contributed by atoms with Crippen LogP contribution in [-0.2, 0) is 12.8 Å². The topological polar surface area (TPSA) is 79.9 Å². The van der Waals surface area contributed by atoms with E-state index in [1.54, 1.807) is 0 Å². The predicted octanol–water partition coefficient (Wildman–Crippen LogP) is 6.04. The van der Waals surface area contributed by atoms with Crippen LogP contribution in [0.3, 0.4) is 0 Å². The van der Waals surface area contributed by atoms with Crippen molar-refractivity contribution in [2.24, 2.45) is 0 Å². The molecule has 0 atom stereocenters. The number of methoxy groups -OCH3 is 1. The zero-order chi connectivity index (χ0) is 23.6. The van der Waals surface area contributed by atoms with E-state index in [0.29, 0.717) is 17.5 Å². The molecular weight excluding hydrogens is 411 g/mol. The summed E-state index contributed by atoms with van der Waals surface area (Å²) in [4.78, 5) is 13.4. The second-order valence-electron chi connectivity index (χ2n) is 8.13. The van der Waals surface area contributed by atoms with Crippen molar-refractivity contribution < 1.29 is 23.8 Å². The molecule has 1 aromatic heterocycles. The Morgan fingerprint density at radius 3 is 2.06 bits per heavy atom. The molecule has 0 fully saturated rings. The maximum absolute atomic E-state index is 13.4. The molecule has 2 aromatic carbocycles. The fraction of sp³-hybridized carbons (Fsp3) is 0.269. The molecule has 0 radical (unpaired) electrons. The smallest absolute Gasteiger partial charge is 0.239 e. The Kier molecular flexibility index (Phi) is 6.72. The molecule has 2 N–H and O–H groups in total. The SMILES string of the molecule is COc1c(-c2ccc(F)cc2)oc2c(CC=C(C)C)c(O)c(CC=C(C)C)c(O)c2c1=O. The van der Waals surface area contributed by atoms with E-state index in [2.05, 4.69) is 0 Å². The van der Waals surface area contributed by atoms with Crippen molar-refractivity contribution in [3.05, 3.63) is 74.7 Å². The van der Waals surface area contributed by atoms with Gasteiger partial charge in [0.05, 0.1) is 7.11 Å².